The van der Waals surface area contributed by atoms with E-state index in [1.165, 1.54) is 12.1 Å². The van der Waals surface area contributed by atoms with Crippen molar-refractivity contribution >= 4 is 27.7 Å². The molecule has 0 aliphatic carbocycles. The van der Waals surface area contributed by atoms with Crippen LogP contribution in [0.3, 0.4) is 0 Å². The summed E-state index contributed by atoms with van der Waals surface area (Å²) >= 11 is 0. The van der Waals surface area contributed by atoms with Crippen molar-refractivity contribution in [2.24, 2.45) is 0 Å². The van der Waals surface area contributed by atoms with E-state index < -0.39 is 22.2 Å². The summed E-state index contributed by atoms with van der Waals surface area (Å²) in [6, 6.07) is 7.23. The Morgan fingerprint density at radius 3 is 2.45 bits per heavy atom. The maximum Gasteiger partial charge on any atom is 0.335 e. The number of β-amino-alcohol motifs (C(OH)–C–C–N with tert-alkyl or cyclic N) is 1. The summed E-state index contributed by atoms with van der Waals surface area (Å²) in [7, 11) is -3.99. The van der Waals surface area contributed by atoms with Gasteiger partial charge in [0.2, 0.25) is 5.95 Å². The molecule has 0 saturated carbocycles. The Balaban J connectivity index is 1.36. The molecule has 1 saturated heterocycles. The van der Waals surface area contributed by atoms with Crippen LogP contribution in [0.25, 0.3) is 0 Å². The number of rotatable bonds is 5. The van der Waals surface area contributed by atoms with Gasteiger partial charge in [-0.3, -0.25) is 4.90 Å². The van der Waals surface area contributed by atoms with Gasteiger partial charge < -0.3 is 15.3 Å². The molecule has 10 nitrogen and oxygen atoms in total. The van der Waals surface area contributed by atoms with E-state index in [0.29, 0.717) is 36.4 Å². The first-order valence-corrected chi connectivity index (χ1v) is 10.7. The fourth-order valence-corrected chi connectivity index (χ4v) is 5.03. The third-order valence-electron chi connectivity index (χ3n) is 4.98. The van der Waals surface area contributed by atoms with Crippen LogP contribution >= 0.6 is 0 Å². The fourth-order valence-electron chi connectivity index (χ4n) is 3.51. The summed E-state index contributed by atoms with van der Waals surface area (Å²) in [5.74, 6) is 0.669. The number of urea groups is 1. The molecule has 1 atom stereocenters. The number of aliphatic hydroxyl groups is 1. The van der Waals surface area contributed by atoms with E-state index in [1.54, 1.807) is 30.6 Å². The Hall–Kier alpha value is -2.76. The van der Waals surface area contributed by atoms with E-state index in [-0.39, 0.29) is 23.7 Å². The molecule has 11 heteroatoms. The van der Waals surface area contributed by atoms with Crippen LogP contribution in [0.2, 0.25) is 0 Å². The van der Waals surface area contributed by atoms with Gasteiger partial charge in [-0.1, -0.05) is 12.1 Å². The van der Waals surface area contributed by atoms with E-state index >= 15 is 0 Å². The Morgan fingerprint density at radius 2 is 1.72 bits per heavy atom. The number of benzene rings is 1. The zero-order valence-corrected chi connectivity index (χ0v) is 16.5. The van der Waals surface area contributed by atoms with Crippen LogP contribution in [0.4, 0.5) is 16.4 Å². The summed E-state index contributed by atoms with van der Waals surface area (Å²) in [4.78, 5) is 24.9. The molecule has 1 unspecified atom stereocenters. The van der Waals surface area contributed by atoms with E-state index in [1.807, 2.05) is 4.90 Å². The van der Waals surface area contributed by atoms with Gasteiger partial charge in [-0.2, -0.15) is 0 Å². The summed E-state index contributed by atoms with van der Waals surface area (Å²) in [5.41, 5.74) is 0.252. The SMILES string of the molecule is O=C1Nc2ccccc2S(=O)(=O)N1CC(O)CN1CCN(c2ncccn2)CC1. The van der Waals surface area contributed by atoms with Gasteiger partial charge in [0.05, 0.1) is 18.3 Å². The standard InChI is InChI=1S/C18H22N6O4S/c25-14(12-22-8-10-23(11-9-22)17-19-6-3-7-20-17)13-24-18(26)21-15-4-1-2-5-16(15)29(24,27)28/h1-7,14,25H,8-13H2,(H,21,26). The lowest BCUT2D eigenvalue weighted by molar-refractivity contribution is 0.0963. The summed E-state index contributed by atoms with van der Waals surface area (Å²) in [6.07, 6.45) is 2.39. The molecule has 4 rings (SSSR count). The van der Waals surface area contributed by atoms with E-state index in [9.17, 15) is 18.3 Å². The van der Waals surface area contributed by atoms with Crippen molar-refractivity contribution in [3.8, 4) is 0 Å². The zero-order valence-electron chi connectivity index (χ0n) is 15.7. The molecule has 1 fully saturated rings. The first-order valence-electron chi connectivity index (χ1n) is 9.30. The predicted molar refractivity (Wildman–Crippen MR) is 106 cm³/mol. The Labute approximate surface area is 168 Å². The molecular formula is C18H22N6O4S. The average molecular weight is 418 g/mol. The van der Waals surface area contributed by atoms with Crippen molar-refractivity contribution in [2.75, 3.05) is 49.5 Å². The van der Waals surface area contributed by atoms with E-state index in [0.717, 1.165) is 0 Å². The largest absolute Gasteiger partial charge is 0.390 e. The molecular weight excluding hydrogens is 396 g/mol. The lowest BCUT2D eigenvalue weighted by Crippen LogP contribution is -2.52. The second kappa shape index (κ2) is 7.93. The molecule has 2 aliphatic heterocycles. The highest BCUT2D eigenvalue weighted by molar-refractivity contribution is 7.90. The van der Waals surface area contributed by atoms with Crippen LogP contribution in [0, 0.1) is 0 Å². The first-order chi connectivity index (χ1) is 13.9. The molecule has 2 aliphatic rings. The lowest BCUT2D eigenvalue weighted by Gasteiger charge is -2.36. The molecule has 29 heavy (non-hydrogen) atoms. The van der Waals surface area contributed by atoms with Gasteiger partial charge >= 0.3 is 6.03 Å². The molecule has 2 N–H and O–H groups in total. The average Bonchev–Trinajstić information content (AvgIpc) is 2.72. The minimum atomic E-state index is -3.99. The van der Waals surface area contributed by atoms with Crippen LogP contribution < -0.4 is 10.2 Å². The molecule has 1 aromatic carbocycles. The number of fused-ring (bicyclic) bond motifs is 1. The number of hydrogen-bond donors (Lipinski definition) is 2. The zero-order chi connectivity index (χ0) is 20.4. The summed E-state index contributed by atoms with van der Waals surface area (Å²) in [6.45, 7) is 2.72. The normalized spacial score (nSPS) is 20.1. The maximum atomic E-state index is 12.8. The third kappa shape index (κ3) is 4.02. The smallest absolute Gasteiger partial charge is 0.335 e. The number of para-hydroxylation sites is 1. The van der Waals surface area contributed by atoms with Crippen LogP contribution in [0.5, 0.6) is 0 Å². The molecule has 0 radical (unpaired) electrons. The second-order valence-electron chi connectivity index (χ2n) is 6.95. The van der Waals surface area contributed by atoms with Crippen molar-refractivity contribution in [3.63, 3.8) is 0 Å². The number of piperazine rings is 1. The van der Waals surface area contributed by atoms with Crippen molar-refractivity contribution in [2.45, 2.75) is 11.0 Å². The van der Waals surface area contributed by atoms with E-state index in [4.69, 9.17) is 0 Å². The van der Waals surface area contributed by atoms with Crippen molar-refractivity contribution in [3.05, 3.63) is 42.7 Å². The second-order valence-corrected chi connectivity index (χ2v) is 8.78. The number of sulfonamides is 1. The monoisotopic (exact) mass is 418 g/mol. The van der Waals surface area contributed by atoms with Crippen LogP contribution in [0.15, 0.2) is 47.6 Å². The highest BCUT2D eigenvalue weighted by atomic mass is 32.2. The van der Waals surface area contributed by atoms with Crippen molar-refractivity contribution in [1.29, 1.82) is 0 Å². The van der Waals surface area contributed by atoms with Gasteiger partial charge in [-0.15, -0.1) is 0 Å². The van der Waals surface area contributed by atoms with Gasteiger partial charge in [0.1, 0.15) is 4.90 Å². The maximum absolute atomic E-state index is 12.8. The third-order valence-corrected chi connectivity index (χ3v) is 6.78. The fraction of sp³-hybridized carbons (Fsp3) is 0.389. The van der Waals surface area contributed by atoms with Gasteiger partial charge in [0, 0.05) is 45.1 Å². The lowest BCUT2D eigenvalue weighted by atomic mass is 10.2. The number of nitrogens with zero attached hydrogens (tertiary/aromatic N) is 5. The van der Waals surface area contributed by atoms with Crippen LogP contribution in [-0.2, 0) is 10.0 Å². The Kier molecular flexibility index (Phi) is 5.35. The molecule has 2 amide bonds. The summed E-state index contributed by atoms with van der Waals surface area (Å²) in [5, 5.41) is 13.0. The van der Waals surface area contributed by atoms with Gasteiger partial charge in [-0.25, -0.2) is 27.5 Å². The number of anilines is 2. The Morgan fingerprint density at radius 1 is 1.03 bits per heavy atom. The molecule has 0 spiro atoms. The number of hydrogen-bond acceptors (Lipinski definition) is 8. The molecule has 1 aromatic heterocycles. The van der Waals surface area contributed by atoms with Gasteiger partial charge in [-0.05, 0) is 18.2 Å². The minimum Gasteiger partial charge on any atom is -0.390 e. The highest BCUT2D eigenvalue weighted by Gasteiger charge is 2.37. The topological polar surface area (TPSA) is 119 Å². The molecule has 2 aromatic rings. The number of carbonyl (C=O) groups excluding carboxylic acids is 1. The van der Waals surface area contributed by atoms with Crippen LogP contribution in [-0.4, -0.2) is 84.1 Å². The number of carbonyl (C=O) groups is 1. The molecule has 154 valence electrons. The first kappa shape index (κ1) is 19.6. The van der Waals surface area contributed by atoms with Crippen LogP contribution in [0.1, 0.15) is 0 Å². The summed E-state index contributed by atoms with van der Waals surface area (Å²) < 4.78 is 26.2. The van der Waals surface area contributed by atoms with Crippen molar-refractivity contribution in [1.82, 2.24) is 19.2 Å². The number of amides is 2. The minimum absolute atomic E-state index is 0.0308. The quantitative estimate of drug-likeness (QED) is 0.707. The number of aliphatic hydroxyl groups excluding tert-OH is 1. The van der Waals surface area contributed by atoms with E-state index in [2.05, 4.69) is 20.2 Å². The van der Waals surface area contributed by atoms with Crippen molar-refractivity contribution < 1.29 is 18.3 Å². The predicted octanol–water partition coefficient (Wildman–Crippen LogP) is 0.196. The molecule has 3 heterocycles. The van der Waals surface area contributed by atoms with Gasteiger partial charge in [0.15, 0.2) is 0 Å². The number of aromatic nitrogens is 2. The highest BCUT2D eigenvalue weighted by Crippen LogP contribution is 2.29. The van der Waals surface area contributed by atoms with Gasteiger partial charge in [0.25, 0.3) is 10.0 Å². The molecule has 0 bridgehead atoms. The Bertz CT molecular complexity index is 979. The number of nitrogens with one attached hydrogen (secondary N) is 1.